The van der Waals surface area contributed by atoms with Crippen LogP contribution in [0, 0.1) is 6.92 Å². The minimum Gasteiger partial charge on any atom is -0.444 e. The fraction of sp³-hybridized carbons (Fsp3) is 0.633. The molecule has 3 aromatic rings. The number of hydrogen-bond acceptors (Lipinski definition) is 6. The Labute approximate surface area is 261 Å². The maximum absolute atomic E-state index is 12.9. The fourth-order valence-corrected chi connectivity index (χ4v) is 6.89. The molecule has 0 aliphatic carbocycles. The number of aryl methyl sites for hydroxylation is 1. The van der Waals surface area contributed by atoms with Crippen LogP contribution >= 0.6 is 15.9 Å². The number of amides is 1. The largest absolute Gasteiger partial charge is 0.444 e. The van der Waals surface area contributed by atoms with E-state index in [4.69, 9.17) is 24.3 Å². The van der Waals surface area contributed by atoms with E-state index in [9.17, 15) is 4.79 Å². The summed E-state index contributed by atoms with van der Waals surface area (Å²) in [5, 5.41) is 6.13. The first-order chi connectivity index (χ1) is 19.4. The number of hydrogen-bond donors (Lipinski definition) is 0. The predicted octanol–water partition coefficient (Wildman–Crippen LogP) is 7.85. The molecule has 1 aliphatic rings. The van der Waals surface area contributed by atoms with Crippen molar-refractivity contribution in [3.05, 3.63) is 33.6 Å². The second-order valence-corrected chi connectivity index (χ2v) is 26.9. The number of carbonyl (C=O) groups excluding carboxylic acids is 1. The van der Waals surface area contributed by atoms with E-state index in [2.05, 4.69) is 78.8 Å². The van der Waals surface area contributed by atoms with Gasteiger partial charge in [0.1, 0.15) is 24.8 Å². The van der Waals surface area contributed by atoms with Crippen molar-refractivity contribution in [1.82, 2.24) is 24.2 Å². The van der Waals surface area contributed by atoms with E-state index in [0.717, 1.165) is 55.9 Å². The molecule has 0 N–H and O–H groups in total. The molecule has 1 aromatic carbocycles. The Bertz CT molecular complexity index is 1430. The second kappa shape index (κ2) is 12.5. The van der Waals surface area contributed by atoms with Crippen molar-refractivity contribution >= 4 is 49.1 Å². The molecule has 9 nitrogen and oxygen atoms in total. The van der Waals surface area contributed by atoms with Crippen molar-refractivity contribution in [2.24, 2.45) is 0 Å². The summed E-state index contributed by atoms with van der Waals surface area (Å²) >= 11 is 3.68. The molecule has 0 radical (unpaired) electrons. The summed E-state index contributed by atoms with van der Waals surface area (Å²) in [7, 11) is -2.45. The lowest BCUT2D eigenvalue weighted by Crippen LogP contribution is -2.34. The number of aromatic nitrogens is 4. The van der Waals surface area contributed by atoms with Gasteiger partial charge in [0.05, 0.1) is 30.0 Å². The fourth-order valence-electron chi connectivity index (χ4n) is 4.81. The van der Waals surface area contributed by atoms with Crippen molar-refractivity contribution in [3.8, 4) is 11.5 Å². The Morgan fingerprint density at radius 2 is 1.60 bits per heavy atom. The molecule has 42 heavy (non-hydrogen) atoms. The Balaban J connectivity index is 1.71. The quantitative estimate of drug-likeness (QED) is 0.152. The molecular weight excluding hydrogens is 630 g/mol. The maximum Gasteiger partial charge on any atom is 0.410 e. The number of fused-ring (bicyclic) bond motifs is 2. The summed E-state index contributed by atoms with van der Waals surface area (Å²) in [6, 6.07) is 6.38. The van der Waals surface area contributed by atoms with E-state index in [1.165, 1.54) is 0 Å². The molecule has 4 rings (SSSR count). The van der Waals surface area contributed by atoms with Gasteiger partial charge >= 0.3 is 6.09 Å². The molecular formula is C30H48BrN5O4Si2. The van der Waals surface area contributed by atoms with Crippen LogP contribution in [0.3, 0.4) is 0 Å². The smallest absolute Gasteiger partial charge is 0.410 e. The van der Waals surface area contributed by atoms with E-state index in [1.54, 1.807) is 4.90 Å². The number of benzene rings is 1. The molecule has 0 saturated heterocycles. The topological polar surface area (TPSA) is 83.6 Å². The van der Waals surface area contributed by atoms with Crippen LogP contribution in [0.4, 0.5) is 4.79 Å². The van der Waals surface area contributed by atoms with Gasteiger partial charge in [0.15, 0.2) is 5.82 Å². The average Bonchev–Trinajstić information content (AvgIpc) is 3.49. The van der Waals surface area contributed by atoms with E-state index in [1.807, 2.05) is 25.5 Å². The van der Waals surface area contributed by atoms with Crippen molar-refractivity contribution in [3.63, 3.8) is 0 Å². The minimum atomic E-state index is -1.25. The number of ether oxygens (including phenoxy) is 3. The highest BCUT2D eigenvalue weighted by atomic mass is 79.9. The minimum absolute atomic E-state index is 0.334. The van der Waals surface area contributed by atoms with Crippen LogP contribution in [0.15, 0.2) is 16.6 Å². The summed E-state index contributed by atoms with van der Waals surface area (Å²) in [6.45, 7) is 24.8. The van der Waals surface area contributed by atoms with Gasteiger partial charge in [-0.3, -0.25) is 4.90 Å². The molecule has 1 amide bonds. The van der Waals surface area contributed by atoms with Crippen LogP contribution < -0.4 is 0 Å². The van der Waals surface area contributed by atoms with Crippen LogP contribution in [-0.4, -0.2) is 65.3 Å². The van der Waals surface area contributed by atoms with E-state index < -0.39 is 21.7 Å². The second-order valence-electron chi connectivity index (χ2n) is 14.8. The highest BCUT2D eigenvalue weighted by molar-refractivity contribution is 9.10. The van der Waals surface area contributed by atoms with Crippen molar-refractivity contribution in [2.75, 3.05) is 13.2 Å². The third kappa shape index (κ3) is 8.34. The molecule has 0 bridgehead atoms. The van der Waals surface area contributed by atoms with Crippen LogP contribution in [-0.2, 0) is 40.8 Å². The summed E-state index contributed by atoms with van der Waals surface area (Å²) in [6.07, 6.45) is -0.334. The highest BCUT2D eigenvalue weighted by Crippen LogP contribution is 2.36. The summed E-state index contributed by atoms with van der Waals surface area (Å²) in [4.78, 5) is 19.7. The lowest BCUT2D eigenvalue weighted by Gasteiger charge is -2.24. The van der Waals surface area contributed by atoms with Gasteiger partial charge in [-0.05, 0) is 57.5 Å². The zero-order valence-corrected chi connectivity index (χ0v) is 30.6. The molecule has 0 fully saturated rings. The molecule has 0 spiro atoms. The molecule has 2 aromatic heterocycles. The van der Waals surface area contributed by atoms with Gasteiger partial charge in [-0.2, -0.15) is 5.10 Å². The SMILES string of the molecule is Cc1cc(Br)cc2c1c(-c1nc3c(n1COCC[Si](C)(C)C)CN(C(=O)OC(C)(C)C)C3)nn2COCC[Si](C)(C)C. The van der Waals surface area contributed by atoms with Gasteiger partial charge in [0.25, 0.3) is 0 Å². The first-order valence-corrected chi connectivity index (χ1v) is 23.0. The molecule has 0 saturated carbocycles. The summed E-state index contributed by atoms with van der Waals surface area (Å²) in [5.41, 5.74) is 4.16. The van der Waals surface area contributed by atoms with Crippen LogP contribution in [0.1, 0.15) is 37.7 Å². The zero-order chi connectivity index (χ0) is 31.0. The van der Waals surface area contributed by atoms with Gasteiger partial charge in [0.2, 0.25) is 0 Å². The van der Waals surface area contributed by atoms with Crippen molar-refractivity contribution < 1.29 is 19.0 Å². The molecule has 3 heterocycles. The van der Waals surface area contributed by atoms with Crippen LogP contribution in [0.25, 0.3) is 22.4 Å². The lowest BCUT2D eigenvalue weighted by molar-refractivity contribution is 0.0232. The Hall–Kier alpha value is -2.00. The van der Waals surface area contributed by atoms with Crippen molar-refractivity contribution in [1.29, 1.82) is 0 Å². The standard InChI is InChI=1S/C30H48BrN5O4Si2/c1-21-15-22(31)16-24-26(21)27(33-36(24)20-39-12-14-42(8,9)10)28-32-23-17-34(29(37)40-30(2,3)4)18-25(23)35(28)19-38-11-13-41(5,6)7/h15-16H,11-14,17-20H2,1-10H3. The number of carbonyl (C=O) groups is 1. The van der Waals surface area contributed by atoms with Crippen molar-refractivity contribution in [2.45, 2.75) is 111 Å². The number of nitrogens with zero attached hydrogens (tertiary/aromatic N) is 5. The van der Waals surface area contributed by atoms with E-state index in [-0.39, 0.29) is 6.09 Å². The average molecular weight is 679 g/mol. The summed E-state index contributed by atoms with van der Waals surface area (Å²) in [5.74, 6) is 0.758. The van der Waals surface area contributed by atoms with Gasteiger partial charge in [-0.15, -0.1) is 0 Å². The number of rotatable bonds is 11. The first kappa shape index (κ1) is 32.9. The summed E-state index contributed by atoms with van der Waals surface area (Å²) < 4.78 is 23.1. The predicted molar refractivity (Wildman–Crippen MR) is 177 cm³/mol. The lowest BCUT2D eigenvalue weighted by atomic mass is 10.1. The molecule has 1 aliphatic heterocycles. The molecule has 12 heteroatoms. The number of imidazole rings is 1. The Kier molecular flexibility index (Phi) is 9.83. The maximum atomic E-state index is 12.9. The Morgan fingerprint density at radius 1 is 0.976 bits per heavy atom. The monoisotopic (exact) mass is 677 g/mol. The van der Waals surface area contributed by atoms with Gasteiger partial charge in [0, 0.05) is 39.2 Å². The third-order valence-electron chi connectivity index (χ3n) is 7.14. The highest BCUT2D eigenvalue weighted by Gasteiger charge is 2.34. The van der Waals surface area contributed by atoms with E-state index in [0.29, 0.717) is 39.8 Å². The van der Waals surface area contributed by atoms with Gasteiger partial charge < -0.3 is 18.8 Å². The molecule has 0 atom stereocenters. The molecule has 0 unspecified atom stereocenters. The van der Waals surface area contributed by atoms with Crippen LogP contribution in [0.5, 0.6) is 0 Å². The first-order valence-electron chi connectivity index (χ1n) is 14.8. The number of halogens is 1. The zero-order valence-electron chi connectivity index (χ0n) is 27.1. The van der Waals surface area contributed by atoms with Gasteiger partial charge in [-0.25, -0.2) is 14.5 Å². The van der Waals surface area contributed by atoms with Gasteiger partial charge in [-0.1, -0.05) is 55.2 Å². The van der Waals surface area contributed by atoms with Crippen LogP contribution in [0.2, 0.25) is 51.4 Å². The Morgan fingerprint density at radius 3 is 2.19 bits per heavy atom. The van der Waals surface area contributed by atoms with E-state index >= 15 is 0 Å². The normalized spacial score (nSPS) is 14.2. The third-order valence-corrected chi connectivity index (χ3v) is 11.0. The molecule has 232 valence electrons.